The third-order valence-electron chi connectivity index (χ3n) is 7.07. The minimum atomic E-state index is -3.08. The second kappa shape index (κ2) is 9.65. The Hall–Kier alpha value is -0.650. The molecule has 0 aliphatic carbocycles. The number of rotatable bonds is 13. The molecular formula is C24H42N2S3. The van der Waals surface area contributed by atoms with Gasteiger partial charge in [-0.25, -0.2) is 4.98 Å². The molecule has 5 heteroatoms. The van der Waals surface area contributed by atoms with Gasteiger partial charge in [-0.2, -0.15) is 8.29 Å². The van der Waals surface area contributed by atoms with Crippen LogP contribution in [0.1, 0.15) is 79.1 Å². The SMILES string of the molecule is CCCCS(CCCC)(CCCC)(CCCC)(C(N)=S)c1nc2ccccc2s1. The van der Waals surface area contributed by atoms with Crippen LogP contribution in [0.25, 0.3) is 10.2 Å². The molecule has 2 N–H and O–H groups in total. The van der Waals surface area contributed by atoms with E-state index in [1.165, 1.54) is 60.4 Å². The molecule has 29 heavy (non-hydrogen) atoms. The molecule has 0 fully saturated rings. The van der Waals surface area contributed by atoms with E-state index in [0.29, 0.717) is 0 Å². The van der Waals surface area contributed by atoms with Gasteiger partial charge >= 0.3 is 0 Å². The molecule has 0 aliphatic rings. The highest BCUT2D eigenvalue weighted by atomic mass is 32.4. The van der Waals surface area contributed by atoms with Crippen LogP contribution in [0.2, 0.25) is 0 Å². The van der Waals surface area contributed by atoms with E-state index >= 15 is 0 Å². The Morgan fingerprint density at radius 1 is 0.862 bits per heavy atom. The van der Waals surface area contributed by atoms with Crippen molar-refractivity contribution in [1.29, 1.82) is 0 Å². The zero-order chi connectivity index (χ0) is 21.4. The molecule has 0 unspecified atom stereocenters. The van der Waals surface area contributed by atoms with Gasteiger partial charge in [-0.05, 0) is 60.8 Å². The molecule has 2 nitrogen and oxygen atoms in total. The Morgan fingerprint density at radius 2 is 1.31 bits per heavy atom. The fraction of sp³-hybridized carbons (Fsp3) is 0.667. The normalized spacial score (nSPS) is 14.6. The predicted molar refractivity (Wildman–Crippen MR) is 141 cm³/mol. The van der Waals surface area contributed by atoms with Crippen LogP contribution in [0.3, 0.4) is 0 Å². The van der Waals surface area contributed by atoms with Crippen molar-refractivity contribution in [2.75, 3.05) is 23.0 Å². The third-order valence-corrected chi connectivity index (χ3v) is 20.3. The maximum absolute atomic E-state index is 7.01. The van der Waals surface area contributed by atoms with Gasteiger partial charge in [0.05, 0.1) is 10.2 Å². The molecule has 1 aromatic heterocycles. The number of fused-ring (bicyclic) bond motifs is 1. The van der Waals surface area contributed by atoms with Crippen molar-refractivity contribution in [2.24, 2.45) is 5.73 Å². The first-order valence-corrected chi connectivity index (χ1v) is 15.9. The monoisotopic (exact) mass is 454 g/mol. The maximum atomic E-state index is 7.01. The number of hydrogen-bond donors (Lipinski definition) is 1. The van der Waals surface area contributed by atoms with Crippen LogP contribution in [0.4, 0.5) is 0 Å². The molecule has 0 atom stereocenters. The molecule has 166 valence electrons. The van der Waals surface area contributed by atoms with Gasteiger partial charge in [0.25, 0.3) is 0 Å². The molecule has 2 rings (SSSR count). The Bertz CT molecular complexity index is 744. The minimum absolute atomic E-state index is 0.827. The van der Waals surface area contributed by atoms with Gasteiger partial charge in [-0.1, -0.05) is 77.7 Å². The number of unbranched alkanes of at least 4 members (excludes halogenated alkanes) is 4. The van der Waals surface area contributed by atoms with E-state index in [2.05, 4.69) is 52.0 Å². The molecule has 0 spiro atoms. The molecular weight excluding hydrogens is 412 g/mol. The van der Waals surface area contributed by atoms with Crippen molar-refractivity contribution in [3.8, 4) is 0 Å². The predicted octanol–water partition coefficient (Wildman–Crippen LogP) is 7.98. The summed E-state index contributed by atoms with van der Waals surface area (Å²) in [6.45, 7) is 9.20. The first-order chi connectivity index (χ1) is 13.9. The Kier molecular flexibility index (Phi) is 8.20. The molecule has 0 aliphatic heterocycles. The lowest BCUT2D eigenvalue weighted by molar-refractivity contribution is 0.803. The fourth-order valence-corrected chi connectivity index (χ4v) is 17.8. The van der Waals surface area contributed by atoms with E-state index < -0.39 is 8.29 Å². The fourth-order valence-electron chi connectivity index (χ4n) is 4.97. The van der Waals surface area contributed by atoms with Crippen LogP contribution in [0.5, 0.6) is 0 Å². The number of benzene rings is 1. The smallest absolute Gasteiger partial charge is 0.127 e. The zero-order valence-corrected chi connectivity index (χ0v) is 21.5. The lowest BCUT2D eigenvalue weighted by atomic mass is 10.3. The van der Waals surface area contributed by atoms with Crippen molar-refractivity contribution < 1.29 is 0 Å². The molecule has 0 saturated carbocycles. The van der Waals surface area contributed by atoms with Gasteiger partial charge < -0.3 is 5.73 Å². The summed E-state index contributed by atoms with van der Waals surface area (Å²) >= 11 is 8.10. The van der Waals surface area contributed by atoms with Gasteiger partial charge in [0.2, 0.25) is 0 Å². The van der Waals surface area contributed by atoms with E-state index in [1.54, 1.807) is 0 Å². The number of hydrogen-bond acceptors (Lipinski definition) is 3. The molecule has 1 aromatic carbocycles. The summed E-state index contributed by atoms with van der Waals surface area (Å²) in [5, 5.41) is 0. The van der Waals surface area contributed by atoms with Crippen molar-refractivity contribution >= 4 is 46.4 Å². The topological polar surface area (TPSA) is 38.9 Å². The summed E-state index contributed by atoms with van der Waals surface area (Å²) in [4.78, 5) is 5.37. The number of nitrogens with zero attached hydrogens (tertiary/aromatic N) is 1. The lowest BCUT2D eigenvalue weighted by Gasteiger charge is -2.78. The van der Waals surface area contributed by atoms with Crippen molar-refractivity contribution in [3.63, 3.8) is 0 Å². The highest BCUT2D eigenvalue weighted by Crippen LogP contribution is 2.95. The highest BCUT2D eigenvalue weighted by Gasteiger charge is 2.64. The highest BCUT2D eigenvalue weighted by molar-refractivity contribution is 8.77. The summed E-state index contributed by atoms with van der Waals surface area (Å²) in [6.07, 6.45) is 9.46. The van der Waals surface area contributed by atoms with Gasteiger partial charge in [0.15, 0.2) is 0 Å². The molecule has 0 bridgehead atoms. The average Bonchev–Trinajstić information content (AvgIpc) is 3.19. The second-order valence-corrected chi connectivity index (χ2v) is 18.4. The number of thiocarbonyl (C=S) groups is 1. The molecule has 1 heterocycles. The van der Waals surface area contributed by atoms with E-state index in [-0.39, 0.29) is 0 Å². The van der Waals surface area contributed by atoms with Crippen LogP contribution in [-0.4, -0.2) is 32.3 Å². The van der Waals surface area contributed by atoms with Gasteiger partial charge in [-0.15, -0.1) is 11.3 Å². The van der Waals surface area contributed by atoms with Gasteiger partial charge in [-0.3, -0.25) is 0 Å². The maximum Gasteiger partial charge on any atom is 0.127 e. The van der Waals surface area contributed by atoms with Crippen molar-refractivity contribution in [2.45, 2.75) is 83.4 Å². The van der Waals surface area contributed by atoms with Crippen LogP contribution in [0, 0.1) is 0 Å². The Morgan fingerprint density at radius 3 is 1.69 bits per heavy atom. The van der Waals surface area contributed by atoms with E-state index in [4.69, 9.17) is 22.9 Å². The standard InChI is InChI=1S/C24H42N2S3/c1-5-9-17-29(23(25)27,18-10-6-2,19-11-7-3,20-12-8-4)24-26-21-15-13-14-16-22(21)28-24/h13-16H,5-12,17-20H2,1-4H3,(H2,25,27). The molecule has 2 aromatic rings. The second-order valence-electron chi connectivity index (χ2n) is 8.98. The summed E-state index contributed by atoms with van der Waals surface area (Å²) in [7, 11) is -3.08. The first kappa shape index (κ1) is 24.6. The molecule has 0 saturated heterocycles. The quantitative estimate of drug-likeness (QED) is 0.312. The summed E-state index contributed by atoms with van der Waals surface area (Å²) in [6, 6.07) is 8.60. The average molecular weight is 455 g/mol. The van der Waals surface area contributed by atoms with Gasteiger partial charge in [0.1, 0.15) is 8.66 Å². The summed E-state index contributed by atoms with van der Waals surface area (Å²) in [5.74, 6) is 4.58. The van der Waals surface area contributed by atoms with Crippen LogP contribution < -0.4 is 5.73 Å². The van der Waals surface area contributed by atoms with E-state index in [9.17, 15) is 0 Å². The summed E-state index contributed by atoms with van der Waals surface area (Å²) < 4.78 is 3.43. The molecule has 0 radical (unpaired) electrons. The van der Waals surface area contributed by atoms with Crippen LogP contribution in [-0.2, 0) is 0 Å². The minimum Gasteiger partial charge on any atom is -0.387 e. The van der Waals surface area contributed by atoms with Crippen LogP contribution >= 0.6 is 31.8 Å². The van der Waals surface area contributed by atoms with Crippen molar-refractivity contribution in [3.05, 3.63) is 24.3 Å². The van der Waals surface area contributed by atoms with Crippen LogP contribution in [0.15, 0.2) is 28.6 Å². The number of nitrogens with two attached hydrogens (primary N) is 1. The first-order valence-electron chi connectivity index (χ1n) is 11.6. The van der Waals surface area contributed by atoms with E-state index in [1.807, 2.05) is 11.3 Å². The Labute approximate surface area is 187 Å². The molecule has 0 amide bonds. The van der Waals surface area contributed by atoms with Crippen molar-refractivity contribution in [1.82, 2.24) is 4.98 Å². The number of aromatic nitrogens is 1. The lowest BCUT2D eigenvalue weighted by Crippen LogP contribution is -2.56. The largest absolute Gasteiger partial charge is 0.387 e. The van der Waals surface area contributed by atoms with Gasteiger partial charge in [0, 0.05) is 0 Å². The van der Waals surface area contributed by atoms with E-state index in [0.717, 1.165) is 32.8 Å². The number of thiazole rings is 1. The zero-order valence-electron chi connectivity index (χ0n) is 19.0. The summed E-state index contributed by atoms with van der Waals surface area (Å²) in [5.41, 5.74) is 8.13. The Balaban J connectivity index is 2.96. The number of para-hydroxylation sites is 1. The third kappa shape index (κ3) is 3.99.